The van der Waals surface area contributed by atoms with E-state index in [1.807, 2.05) is 25.1 Å². The van der Waals surface area contributed by atoms with E-state index >= 15 is 0 Å². The van der Waals surface area contributed by atoms with Gasteiger partial charge in [0.05, 0.1) is 41.0 Å². The molecular weight excluding hydrogens is 547 g/mol. The number of amides is 2. The number of fused-ring (bicyclic) bond motifs is 2. The smallest absolute Gasteiger partial charge is 0.341 e. The summed E-state index contributed by atoms with van der Waals surface area (Å²) in [4.78, 5) is 55.6. The number of rotatable bonds is 9. The highest BCUT2D eigenvalue weighted by molar-refractivity contribution is 8.00. The number of benzene rings is 1. The summed E-state index contributed by atoms with van der Waals surface area (Å²) >= 11 is 3.88. The number of nitrogens with one attached hydrogen (secondary N) is 1. The number of esters is 2. The minimum atomic E-state index is -0.448. The highest BCUT2D eigenvalue weighted by Gasteiger charge is 2.27. The monoisotopic (exact) mass is 575 g/mol. The lowest BCUT2D eigenvalue weighted by molar-refractivity contribution is -0.143. The molecule has 12 heteroatoms. The second-order valence-corrected chi connectivity index (χ2v) is 11.8. The van der Waals surface area contributed by atoms with Crippen LogP contribution in [0.5, 0.6) is 0 Å². The molecule has 1 aliphatic carbocycles. The summed E-state index contributed by atoms with van der Waals surface area (Å²) in [6.45, 7) is 3.92. The van der Waals surface area contributed by atoms with E-state index in [0.717, 1.165) is 63.7 Å². The Labute approximate surface area is 232 Å². The van der Waals surface area contributed by atoms with Crippen molar-refractivity contribution in [3.63, 3.8) is 0 Å². The molecule has 1 aromatic carbocycles. The number of carbonyl (C=O) groups excluding carboxylic acids is 4. The fraction of sp³-hybridized carbons (Fsp3) is 0.423. The number of nitrogens with zero attached hydrogens (tertiary/aromatic N) is 2. The van der Waals surface area contributed by atoms with Gasteiger partial charge in [0.25, 0.3) is 5.91 Å². The average molecular weight is 576 g/mol. The number of aromatic nitrogens is 1. The molecule has 2 heterocycles. The Morgan fingerprint density at radius 1 is 1.13 bits per heavy atom. The Kier molecular flexibility index (Phi) is 9.40. The number of hydrogen-bond acceptors (Lipinski definition) is 9. The molecule has 9 nitrogen and oxygen atoms in total. The lowest BCUT2D eigenvalue weighted by Gasteiger charge is -2.11. The number of thiophene rings is 1. The van der Waals surface area contributed by atoms with Crippen LogP contribution in [0.2, 0.25) is 0 Å². The van der Waals surface area contributed by atoms with E-state index < -0.39 is 17.8 Å². The van der Waals surface area contributed by atoms with Crippen LogP contribution in [0.3, 0.4) is 0 Å². The number of anilines is 1. The Morgan fingerprint density at radius 3 is 2.68 bits per heavy atom. The van der Waals surface area contributed by atoms with E-state index in [0.29, 0.717) is 15.4 Å². The Morgan fingerprint density at radius 2 is 1.92 bits per heavy atom. The molecular formula is C26H29N3O6S3. The minimum absolute atomic E-state index is 0.00903. The van der Waals surface area contributed by atoms with Crippen molar-refractivity contribution >= 4 is 73.4 Å². The summed E-state index contributed by atoms with van der Waals surface area (Å²) in [7, 11) is 1.33. The van der Waals surface area contributed by atoms with Gasteiger partial charge in [-0.1, -0.05) is 17.4 Å². The van der Waals surface area contributed by atoms with Crippen LogP contribution in [0, 0.1) is 6.92 Å². The third kappa shape index (κ3) is 6.54. The SMILES string of the molecule is CCOC(=O)Cn1c(=NC(=O)CSCC(=O)Nc2sc3c(c2C(=O)OC)CCCC3)sc2cc(C)ccc21. The van der Waals surface area contributed by atoms with Crippen molar-refractivity contribution in [3.8, 4) is 0 Å². The number of aryl methyl sites for hydroxylation is 2. The number of carbonyl (C=O) groups is 4. The van der Waals surface area contributed by atoms with Crippen molar-refractivity contribution < 1.29 is 28.7 Å². The normalized spacial score (nSPS) is 13.3. The summed E-state index contributed by atoms with van der Waals surface area (Å²) in [6, 6.07) is 5.82. The summed E-state index contributed by atoms with van der Waals surface area (Å²) in [5.74, 6) is -1.55. The summed E-state index contributed by atoms with van der Waals surface area (Å²) in [5, 5.41) is 3.34. The predicted octanol–water partition coefficient (Wildman–Crippen LogP) is 4.10. The average Bonchev–Trinajstić information content (AvgIpc) is 3.40. The molecule has 0 bridgehead atoms. The zero-order valence-electron chi connectivity index (χ0n) is 21.5. The third-order valence-corrected chi connectivity index (χ3v) is 9.09. The molecule has 0 atom stereocenters. The number of hydrogen-bond donors (Lipinski definition) is 1. The fourth-order valence-electron chi connectivity index (χ4n) is 4.26. The highest BCUT2D eigenvalue weighted by atomic mass is 32.2. The minimum Gasteiger partial charge on any atom is -0.465 e. The van der Waals surface area contributed by atoms with Gasteiger partial charge in [-0.3, -0.25) is 14.4 Å². The summed E-state index contributed by atoms with van der Waals surface area (Å²) in [5.41, 5.74) is 3.28. The van der Waals surface area contributed by atoms with Crippen LogP contribution in [0.15, 0.2) is 23.2 Å². The van der Waals surface area contributed by atoms with Crippen molar-refractivity contribution in [2.45, 2.75) is 46.1 Å². The van der Waals surface area contributed by atoms with E-state index in [1.54, 1.807) is 11.5 Å². The van der Waals surface area contributed by atoms with Crippen LogP contribution in [0.1, 0.15) is 46.1 Å². The molecule has 2 aromatic heterocycles. The zero-order valence-corrected chi connectivity index (χ0v) is 23.9. The summed E-state index contributed by atoms with van der Waals surface area (Å²) < 4.78 is 12.6. The van der Waals surface area contributed by atoms with Gasteiger partial charge in [-0.05, 0) is 62.8 Å². The molecule has 0 radical (unpaired) electrons. The highest BCUT2D eigenvalue weighted by Crippen LogP contribution is 2.38. The molecule has 0 saturated carbocycles. The van der Waals surface area contributed by atoms with Gasteiger partial charge < -0.3 is 19.4 Å². The van der Waals surface area contributed by atoms with Gasteiger partial charge in [0.1, 0.15) is 11.5 Å². The standard InChI is InChI=1S/C26H29N3O6S3/c1-4-35-22(32)12-29-17-10-9-15(2)11-19(17)38-26(29)28-21(31)14-36-13-20(30)27-24-23(25(33)34-3)16-7-5-6-8-18(16)37-24/h9-11H,4-8,12-14H2,1-3H3,(H,27,30). The topological polar surface area (TPSA) is 116 Å². The second-order valence-electron chi connectivity index (χ2n) is 8.70. The van der Waals surface area contributed by atoms with Gasteiger partial charge in [-0.2, -0.15) is 4.99 Å². The van der Waals surface area contributed by atoms with Crippen LogP contribution in [-0.2, 0) is 43.2 Å². The molecule has 38 heavy (non-hydrogen) atoms. The van der Waals surface area contributed by atoms with E-state index in [9.17, 15) is 19.2 Å². The van der Waals surface area contributed by atoms with Gasteiger partial charge in [-0.25, -0.2) is 4.79 Å². The van der Waals surface area contributed by atoms with Gasteiger partial charge in [0, 0.05) is 4.88 Å². The molecule has 202 valence electrons. The molecule has 0 fully saturated rings. The first-order valence-corrected chi connectivity index (χ1v) is 15.0. The maximum absolute atomic E-state index is 12.7. The maximum atomic E-state index is 12.7. The van der Waals surface area contributed by atoms with Gasteiger partial charge in [0.2, 0.25) is 5.91 Å². The first kappa shape index (κ1) is 28.1. The fourth-order valence-corrected chi connectivity index (χ4v) is 7.30. The first-order chi connectivity index (χ1) is 18.3. The Balaban J connectivity index is 1.43. The number of ether oxygens (including phenoxy) is 2. The quantitative estimate of drug-likeness (QED) is 0.382. The zero-order chi connectivity index (χ0) is 27.2. The first-order valence-electron chi connectivity index (χ1n) is 12.2. The van der Waals surface area contributed by atoms with Crippen molar-refractivity contribution in [3.05, 3.63) is 44.6 Å². The van der Waals surface area contributed by atoms with E-state index in [-0.39, 0.29) is 30.6 Å². The van der Waals surface area contributed by atoms with Crippen molar-refractivity contribution in [2.24, 2.45) is 4.99 Å². The van der Waals surface area contributed by atoms with E-state index in [4.69, 9.17) is 9.47 Å². The molecule has 0 spiro atoms. The number of thioether (sulfide) groups is 1. The lowest BCUT2D eigenvalue weighted by atomic mass is 9.95. The van der Waals surface area contributed by atoms with E-state index in [2.05, 4.69) is 10.3 Å². The molecule has 0 unspecified atom stereocenters. The Hall–Kier alpha value is -2.96. The largest absolute Gasteiger partial charge is 0.465 e. The molecule has 3 aromatic rings. The van der Waals surface area contributed by atoms with Crippen LogP contribution in [-0.4, -0.2) is 53.5 Å². The summed E-state index contributed by atoms with van der Waals surface area (Å²) in [6.07, 6.45) is 3.74. The maximum Gasteiger partial charge on any atom is 0.341 e. The third-order valence-electron chi connectivity index (χ3n) is 5.92. The van der Waals surface area contributed by atoms with Crippen LogP contribution in [0.4, 0.5) is 5.00 Å². The van der Waals surface area contributed by atoms with Crippen molar-refractivity contribution in [2.75, 3.05) is 30.5 Å². The van der Waals surface area contributed by atoms with Gasteiger partial charge in [0.15, 0.2) is 4.80 Å². The van der Waals surface area contributed by atoms with E-state index in [1.165, 1.54) is 29.8 Å². The Bertz CT molecular complexity index is 1450. The van der Waals surface area contributed by atoms with Crippen LogP contribution in [0.25, 0.3) is 10.2 Å². The molecule has 0 aliphatic heterocycles. The number of methoxy groups -OCH3 is 1. The van der Waals surface area contributed by atoms with Crippen molar-refractivity contribution in [1.82, 2.24) is 4.57 Å². The van der Waals surface area contributed by atoms with Gasteiger partial charge >= 0.3 is 11.9 Å². The molecule has 1 N–H and O–H groups in total. The molecule has 1 aliphatic rings. The number of thiazole rings is 1. The van der Waals surface area contributed by atoms with Crippen molar-refractivity contribution in [1.29, 1.82) is 0 Å². The predicted molar refractivity (Wildman–Crippen MR) is 150 cm³/mol. The molecule has 0 saturated heterocycles. The van der Waals surface area contributed by atoms with Gasteiger partial charge in [-0.15, -0.1) is 23.1 Å². The van der Waals surface area contributed by atoms with Crippen LogP contribution < -0.4 is 10.1 Å². The second kappa shape index (κ2) is 12.7. The molecule has 4 rings (SSSR count). The molecule has 2 amide bonds. The lowest BCUT2D eigenvalue weighted by Crippen LogP contribution is -2.23. The van der Waals surface area contributed by atoms with Crippen LogP contribution >= 0.6 is 34.4 Å².